The van der Waals surface area contributed by atoms with Crippen LogP contribution in [-0.2, 0) is 7.05 Å². The van der Waals surface area contributed by atoms with Gasteiger partial charge in [-0.15, -0.1) is 0 Å². The number of amides is 1. The van der Waals surface area contributed by atoms with Gasteiger partial charge in [0.05, 0.1) is 0 Å². The van der Waals surface area contributed by atoms with Gasteiger partial charge in [-0.25, -0.2) is 0 Å². The van der Waals surface area contributed by atoms with Crippen molar-refractivity contribution >= 4 is 36.8 Å². The molecule has 2 atom stereocenters. The number of rotatable bonds is 5. The van der Waals surface area contributed by atoms with Crippen molar-refractivity contribution in [2.24, 2.45) is 13.0 Å². The summed E-state index contributed by atoms with van der Waals surface area (Å²) in [6.45, 7) is 1.97. The number of likely N-dealkylation sites (tertiary alicyclic amines) is 1. The quantitative estimate of drug-likeness (QED) is 0.369. The van der Waals surface area contributed by atoms with Crippen molar-refractivity contribution < 1.29 is 18.0 Å². The number of fused-ring (bicyclic) bond motifs is 2. The van der Waals surface area contributed by atoms with Gasteiger partial charge in [0, 0.05) is 0 Å². The van der Waals surface area contributed by atoms with Crippen LogP contribution in [0.5, 0.6) is 0 Å². The van der Waals surface area contributed by atoms with E-state index in [1.807, 2.05) is 0 Å². The molecule has 5 rings (SSSR count). The Morgan fingerprint density at radius 3 is 2.91 bits per heavy atom. The normalized spacial score (nSPS) is 21.8. The van der Waals surface area contributed by atoms with Gasteiger partial charge < -0.3 is 0 Å². The summed E-state index contributed by atoms with van der Waals surface area (Å²) in [5.41, 5.74) is 1.22. The summed E-state index contributed by atoms with van der Waals surface area (Å²) in [5.74, 6) is 6.38. The molecule has 2 N–H and O–H groups in total. The summed E-state index contributed by atoms with van der Waals surface area (Å²) < 4.78 is 43.5. The van der Waals surface area contributed by atoms with Crippen molar-refractivity contribution in [1.82, 2.24) is 29.4 Å². The van der Waals surface area contributed by atoms with Gasteiger partial charge in [-0.1, -0.05) is 0 Å². The summed E-state index contributed by atoms with van der Waals surface area (Å²) in [5, 5.41) is 5.81. The van der Waals surface area contributed by atoms with Gasteiger partial charge in [-0.3, -0.25) is 0 Å². The Balaban J connectivity index is 1.40. The average Bonchev–Trinajstić information content (AvgIpc) is 3.11. The molecule has 1 aliphatic carbocycles. The van der Waals surface area contributed by atoms with Crippen LogP contribution in [0, 0.1) is 17.8 Å². The van der Waals surface area contributed by atoms with Gasteiger partial charge in [0.25, 0.3) is 0 Å². The van der Waals surface area contributed by atoms with E-state index in [9.17, 15) is 18.0 Å². The van der Waals surface area contributed by atoms with E-state index in [0.29, 0.717) is 28.4 Å². The average molecular weight is 550 g/mol. The molecule has 184 valence electrons. The summed E-state index contributed by atoms with van der Waals surface area (Å²) in [4.78, 5) is 18.9. The van der Waals surface area contributed by atoms with Crippen LogP contribution < -0.4 is 15.2 Å². The van der Waals surface area contributed by atoms with E-state index in [4.69, 9.17) is 0 Å². The number of piperidine rings is 1. The number of nitrogens with zero attached hydrogens (tertiary/aromatic N) is 5. The Kier molecular flexibility index (Phi) is 6.03. The van der Waals surface area contributed by atoms with E-state index in [1.54, 1.807) is 29.9 Å². The van der Waals surface area contributed by atoms with Crippen molar-refractivity contribution in [3.05, 3.63) is 42.0 Å². The van der Waals surface area contributed by atoms with E-state index in [1.165, 1.54) is 17.1 Å². The van der Waals surface area contributed by atoms with Gasteiger partial charge in [-0.2, -0.15) is 0 Å². The molecule has 1 saturated heterocycles. The second kappa shape index (κ2) is 8.90. The second-order valence-corrected chi connectivity index (χ2v) is 11.2. The minimum atomic E-state index is -4.34. The zero-order valence-corrected chi connectivity index (χ0v) is 20.9. The maximum absolute atomic E-state index is 13.5. The Bertz CT molecular complexity index is 1340. The van der Waals surface area contributed by atoms with Crippen molar-refractivity contribution in [1.29, 1.82) is 0 Å². The Morgan fingerprint density at radius 1 is 1.37 bits per heavy atom. The number of aromatic nitrogens is 4. The zero-order valence-electron chi connectivity index (χ0n) is 19.2. The van der Waals surface area contributed by atoms with Crippen LogP contribution in [0.4, 0.5) is 19.0 Å². The molecule has 12 heteroatoms. The molecule has 8 nitrogen and oxygen atoms in total. The number of hydrogen-bond acceptors (Lipinski definition) is 5. The first kappa shape index (κ1) is 23.7. The number of carbonyl (C=O) groups excluding carboxylic acids is 1. The third-order valence-electron chi connectivity index (χ3n) is 6.46. The number of hydrogen-bond donors (Lipinski definition) is 2. The first-order valence-electron chi connectivity index (χ1n) is 11.1. The van der Waals surface area contributed by atoms with Gasteiger partial charge >= 0.3 is 206 Å². The predicted molar refractivity (Wildman–Crippen MR) is 126 cm³/mol. The minimum absolute atomic E-state index is 0.0000430. The molecule has 1 amide bonds. The molecule has 0 spiro atoms. The number of carbonyl (C=O) groups is 1. The Labute approximate surface area is 206 Å². The molecule has 1 aliphatic heterocycles. The molecule has 0 radical (unpaired) electrons. The predicted octanol–water partition coefficient (Wildman–Crippen LogP) is 1.20. The van der Waals surface area contributed by atoms with Crippen molar-refractivity contribution in [3.63, 3.8) is 0 Å². The molecule has 4 heterocycles. The SMILES string of the molecule is CN1CC[C@]2(Nc3nccn4c([Se]C(F)(F)F)c(C#CCNC(=O)c5cnn(C)c5)cc34)C[C@@H]2C1. The van der Waals surface area contributed by atoms with Crippen LogP contribution in [-0.4, -0.2) is 82.2 Å². The van der Waals surface area contributed by atoms with E-state index in [-0.39, 0.29) is 22.6 Å². The van der Waals surface area contributed by atoms with E-state index < -0.39 is 20.0 Å². The van der Waals surface area contributed by atoms with Crippen LogP contribution in [0.1, 0.15) is 28.8 Å². The summed E-state index contributed by atoms with van der Waals surface area (Å²) >= 11 is -1.80. The molecule has 0 bridgehead atoms. The molecular formula is C23H24F3N7OSe. The second-order valence-electron chi connectivity index (χ2n) is 9.02. The molecule has 35 heavy (non-hydrogen) atoms. The molecule has 0 aromatic carbocycles. The number of anilines is 1. The van der Waals surface area contributed by atoms with Gasteiger partial charge in [0.1, 0.15) is 0 Å². The molecular weight excluding hydrogens is 526 g/mol. The van der Waals surface area contributed by atoms with Crippen LogP contribution in [0.25, 0.3) is 5.52 Å². The number of aryl methyl sites for hydroxylation is 1. The number of nitrogens with one attached hydrogen (secondary N) is 2. The zero-order chi connectivity index (χ0) is 24.8. The standard InChI is InChI=1S/C23H24F3N7OSe/c1-31-8-5-22(11-17(22)14-31)30-19-18-10-15(21(35-23(24,25)26)33(18)9-7-27-19)4-3-6-28-20(34)16-12-29-32(2)13-16/h7,9-10,12-13,17H,5-6,8,11,14H2,1-2H3,(H,27,30)(H,28,34)/t17-,22+/m1/s1. The molecule has 0 unspecified atom stereocenters. The molecule has 3 aromatic rings. The molecule has 2 aliphatic rings. The monoisotopic (exact) mass is 551 g/mol. The van der Waals surface area contributed by atoms with Crippen molar-refractivity contribution in [2.45, 2.75) is 23.5 Å². The first-order chi connectivity index (χ1) is 16.6. The summed E-state index contributed by atoms with van der Waals surface area (Å²) in [6.07, 6.45) is 8.09. The topological polar surface area (TPSA) is 79.5 Å². The first-order valence-corrected chi connectivity index (χ1v) is 12.8. The van der Waals surface area contributed by atoms with Gasteiger partial charge in [0.2, 0.25) is 0 Å². The van der Waals surface area contributed by atoms with Crippen molar-refractivity contribution in [2.75, 3.05) is 32.0 Å². The Hall–Kier alpha value is -3.00. The van der Waals surface area contributed by atoms with Crippen LogP contribution in [0.3, 0.4) is 0 Å². The van der Waals surface area contributed by atoms with E-state index in [0.717, 1.165) is 25.9 Å². The van der Waals surface area contributed by atoms with Crippen molar-refractivity contribution in [3.8, 4) is 11.8 Å². The van der Waals surface area contributed by atoms with Gasteiger partial charge in [0.15, 0.2) is 0 Å². The Morgan fingerprint density at radius 2 is 2.20 bits per heavy atom. The number of halogens is 3. The summed E-state index contributed by atoms with van der Waals surface area (Å²) in [7, 11) is 3.80. The summed E-state index contributed by atoms with van der Waals surface area (Å²) in [6, 6.07) is 1.66. The molecule has 2 fully saturated rings. The fourth-order valence-electron chi connectivity index (χ4n) is 4.62. The van der Waals surface area contributed by atoms with E-state index >= 15 is 0 Å². The maximum atomic E-state index is 13.5. The number of alkyl halides is 3. The van der Waals surface area contributed by atoms with E-state index in [2.05, 4.69) is 44.5 Å². The fraction of sp³-hybridized carbons (Fsp3) is 0.435. The van der Waals surface area contributed by atoms with Crippen LogP contribution in [0.15, 0.2) is 30.9 Å². The third-order valence-corrected chi connectivity index (χ3v) is 8.23. The van der Waals surface area contributed by atoms with Gasteiger partial charge in [-0.05, 0) is 0 Å². The van der Waals surface area contributed by atoms with Crippen LogP contribution >= 0.6 is 0 Å². The van der Waals surface area contributed by atoms with Crippen LogP contribution in [0.2, 0.25) is 0 Å². The third kappa shape index (κ3) is 5.03. The fourth-order valence-corrected chi connectivity index (χ4v) is 6.08. The molecule has 3 aromatic heterocycles. The molecule has 1 saturated carbocycles.